The minimum atomic E-state index is 0.469. The van der Waals surface area contributed by atoms with Crippen molar-refractivity contribution in [1.29, 1.82) is 0 Å². The number of nitrogens with one attached hydrogen (secondary N) is 1. The van der Waals surface area contributed by atoms with Gasteiger partial charge in [0.2, 0.25) is 0 Å². The molecule has 1 aromatic carbocycles. The van der Waals surface area contributed by atoms with Crippen molar-refractivity contribution in [3.05, 3.63) is 34.3 Å². The Morgan fingerprint density at radius 1 is 1.15 bits per heavy atom. The van der Waals surface area contributed by atoms with Gasteiger partial charge < -0.3 is 5.32 Å². The fourth-order valence-corrected chi connectivity index (χ4v) is 5.87. The normalized spacial score (nSPS) is 40.0. The molecule has 1 nitrogen and oxygen atoms in total. The van der Waals surface area contributed by atoms with Gasteiger partial charge in [0.25, 0.3) is 0 Å². The number of benzene rings is 1. The standard InChI is InChI=1S/C18H24BrN/c1-11(12-4-2-5-14(19)8-12)20-18-10-13-9-17(18)16-7-3-6-15(13)16/h2,4-5,8,11,13,15-18,20H,3,6-7,9-10H2,1H3/t11-,13?,15?,16?,17?,18?/m0/s1. The summed E-state index contributed by atoms with van der Waals surface area (Å²) in [5.41, 5.74) is 1.41. The van der Waals surface area contributed by atoms with Crippen LogP contribution in [-0.4, -0.2) is 6.04 Å². The molecule has 108 valence electrons. The van der Waals surface area contributed by atoms with Crippen molar-refractivity contribution in [2.45, 2.75) is 51.1 Å². The van der Waals surface area contributed by atoms with Crippen LogP contribution in [0.5, 0.6) is 0 Å². The van der Waals surface area contributed by atoms with E-state index in [2.05, 4.69) is 52.4 Å². The molecule has 4 rings (SSSR count). The minimum absolute atomic E-state index is 0.469. The summed E-state index contributed by atoms with van der Waals surface area (Å²) in [5, 5.41) is 3.95. The van der Waals surface area contributed by atoms with Gasteiger partial charge in [-0.15, -0.1) is 0 Å². The smallest absolute Gasteiger partial charge is 0.0294 e. The summed E-state index contributed by atoms with van der Waals surface area (Å²) >= 11 is 3.58. The second-order valence-electron chi connectivity index (χ2n) is 7.20. The Hall–Kier alpha value is -0.340. The number of halogens is 1. The fraction of sp³-hybridized carbons (Fsp3) is 0.667. The Morgan fingerprint density at radius 2 is 2.00 bits per heavy atom. The summed E-state index contributed by atoms with van der Waals surface area (Å²) in [5.74, 6) is 4.17. The van der Waals surface area contributed by atoms with E-state index in [1.54, 1.807) is 0 Å². The molecule has 1 aromatic rings. The van der Waals surface area contributed by atoms with Crippen molar-refractivity contribution < 1.29 is 0 Å². The molecular weight excluding hydrogens is 310 g/mol. The van der Waals surface area contributed by atoms with Crippen molar-refractivity contribution in [3.8, 4) is 0 Å². The largest absolute Gasteiger partial charge is 0.307 e. The zero-order valence-electron chi connectivity index (χ0n) is 12.2. The predicted octanol–water partition coefficient (Wildman–Crippen LogP) is 4.92. The maximum absolute atomic E-state index is 3.95. The average molecular weight is 334 g/mol. The predicted molar refractivity (Wildman–Crippen MR) is 86.5 cm³/mol. The zero-order valence-corrected chi connectivity index (χ0v) is 13.8. The molecule has 0 saturated heterocycles. The Morgan fingerprint density at radius 3 is 2.85 bits per heavy atom. The summed E-state index contributed by atoms with van der Waals surface area (Å²) < 4.78 is 1.19. The van der Waals surface area contributed by atoms with Crippen LogP contribution in [-0.2, 0) is 0 Å². The Labute approximate surface area is 130 Å². The highest BCUT2D eigenvalue weighted by atomic mass is 79.9. The van der Waals surface area contributed by atoms with Crippen LogP contribution in [0.1, 0.15) is 50.6 Å². The Balaban J connectivity index is 1.45. The van der Waals surface area contributed by atoms with Gasteiger partial charge in [0, 0.05) is 16.6 Å². The molecule has 5 unspecified atom stereocenters. The molecule has 20 heavy (non-hydrogen) atoms. The topological polar surface area (TPSA) is 12.0 Å². The molecule has 6 atom stereocenters. The fourth-order valence-electron chi connectivity index (χ4n) is 5.45. The van der Waals surface area contributed by atoms with Gasteiger partial charge in [-0.05, 0) is 74.0 Å². The number of fused-ring (bicyclic) bond motifs is 5. The third-order valence-electron chi connectivity index (χ3n) is 6.24. The van der Waals surface area contributed by atoms with Crippen molar-refractivity contribution in [3.63, 3.8) is 0 Å². The zero-order chi connectivity index (χ0) is 13.7. The van der Waals surface area contributed by atoms with E-state index in [1.165, 1.54) is 42.1 Å². The summed E-state index contributed by atoms with van der Waals surface area (Å²) in [7, 11) is 0. The summed E-state index contributed by atoms with van der Waals surface area (Å²) in [6.07, 6.45) is 7.48. The van der Waals surface area contributed by atoms with E-state index in [9.17, 15) is 0 Å². The molecule has 0 aromatic heterocycles. The quantitative estimate of drug-likeness (QED) is 0.827. The lowest BCUT2D eigenvalue weighted by atomic mass is 9.79. The van der Waals surface area contributed by atoms with Gasteiger partial charge in [-0.3, -0.25) is 0 Å². The first-order valence-electron chi connectivity index (χ1n) is 8.24. The molecule has 3 aliphatic rings. The van der Waals surface area contributed by atoms with Crippen molar-refractivity contribution in [2.75, 3.05) is 0 Å². The van der Waals surface area contributed by atoms with Crippen LogP contribution in [0.2, 0.25) is 0 Å². The Bertz CT molecular complexity index is 500. The van der Waals surface area contributed by atoms with Crippen LogP contribution < -0.4 is 5.32 Å². The molecule has 0 amide bonds. The van der Waals surface area contributed by atoms with Crippen LogP contribution in [0.25, 0.3) is 0 Å². The van der Waals surface area contributed by atoms with Crippen molar-refractivity contribution in [1.82, 2.24) is 5.32 Å². The van der Waals surface area contributed by atoms with E-state index in [0.717, 1.165) is 29.7 Å². The highest BCUT2D eigenvalue weighted by molar-refractivity contribution is 9.10. The van der Waals surface area contributed by atoms with Crippen LogP contribution >= 0.6 is 15.9 Å². The third-order valence-corrected chi connectivity index (χ3v) is 6.73. The molecule has 3 fully saturated rings. The molecule has 2 heteroatoms. The van der Waals surface area contributed by atoms with E-state index in [1.807, 2.05) is 0 Å². The van der Waals surface area contributed by atoms with Gasteiger partial charge in [0.15, 0.2) is 0 Å². The molecule has 1 N–H and O–H groups in total. The Kier molecular flexibility index (Phi) is 3.42. The number of hydrogen-bond donors (Lipinski definition) is 1. The van der Waals surface area contributed by atoms with Gasteiger partial charge in [0.05, 0.1) is 0 Å². The van der Waals surface area contributed by atoms with Gasteiger partial charge in [-0.2, -0.15) is 0 Å². The van der Waals surface area contributed by atoms with Crippen LogP contribution in [0.15, 0.2) is 28.7 Å². The van der Waals surface area contributed by atoms with Crippen molar-refractivity contribution in [2.24, 2.45) is 23.7 Å². The molecular formula is C18H24BrN. The second-order valence-corrected chi connectivity index (χ2v) is 8.12. The van der Waals surface area contributed by atoms with E-state index < -0.39 is 0 Å². The molecule has 0 radical (unpaired) electrons. The van der Waals surface area contributed by atoms with Gasteiger partial charge in [-0.1, -0.05) is 34.5 Å². The molecule has 0 spiro atoms. The lowest BCUT2D eigenvalue weighted by Gasteiger charge is -2.34. The maximum atomic E-state index is 3.95. The van der Waals surface area contributed by atoms with E-state index in [4.69, 9.17) is 0 Å². The maximum Gasteiger partial charge on any atom is 0.0294 e. The monoisotopic (exact) mass is 333 g/mol. The lowest BCUT2D eigenvalue weighted by Crippen LogP contribution is -2.40. The molecule has 3 saturated carbocycles. The summed E-state index contributed by atoms with van der Waals surface area (Å²) in [6, 6.07) is 9.99. The lowest BCUT2D eigenvalue weighted by molar-refractivity contribution is 0.200. The first kappa shape index (κ1) is 13.3. The van der Waals surface area contributed by atoms with E-state index in [-0.39, 0.29) is 0 Å². The first-order chi connectivity index (χ1) is 9.72. The van der Waals surface area contributed by atoms with E-state index >= 15 is 0 Å². The van der Waals surface area contributed by atoms with Crippen molar-refractivity contribution >= 4 is 15.9 Å². The SMILES string of the molecule is C[C@H](NC1CC2CC1C1CCCC21)c1cccc(Br)c1. The summed E-state index contributed by atoms with van der Waals surface area (Å²) in [4.78, 5) is 0. The van der Waals surface area contributed by atoms with Crippen LogP contribution in [0.3, 0.4) is 0 Å². The first-order valence-corrected chi connectivity index (χ1v) is 9.03. The number of rotatable bonds is 3. The van der Waals surface area contributed by atoms with E-state index in [0.29, 0.717) is 6.04 Å². The van der Waals surface area contributed by atoms with Gasteiger partial charge in [-0.25, -0.2) is 0 Å². The molecule has 3 aliphatic carbocycles. The summed E-state index contributed by atoms with van der Waals surface area (Å²) in [6.45, 7) is 2.32. The minimum Gasteiger partial charge on any atom is -0.307 e. The molecule has 2 bridgehead atoms. The van der Waals surface area contributed by atoms with Gasteiger partial charge in [0.1, 0.15) is 0 Å². The second kappa shape index (κ2) is 5.14. The average Bonchev–Trinajstić information content (AvgIpc) is 3.10. The highest BCUT2D eigenvalue weighted by Gasteiger charge is 2.53. The van der Waals surface area contributed by atoms with Crippen LogP contribution in [0, 0.1) is 23.7 Å². The molecule has 0 aliphatic heterocycles. The number of hydrogen-bond acceptors (Lipinski definition) is 1. The van der Waals surface area contributed by atoms with Gasteiger partial charge >= 0.3 is 0 Å². The van der Waals surface area contributed by atoms with Crippen LogP contribution in [0.4, 0.5) is 0 Å². The third kappa shape index (κ3) is 2.16. The molecule has 0 heterocycles. The highest BCUT2D eigenvalue weighted by Crippen LogP contribution is 2.58.